The summed E-state index contributed by atoms with van der Waals surface area (Å²) in [5.41, 5.74) is 0.341. The molecule has 1 aromatic heterocycles. The minimum absolute atomic E-state index is 0.0767. The number of thiophene rings is 1. The molecule has 1 N–H and O–H groups in total. The van der Waals surface area contributed by atoms with Gasteiger partial charge in [0, 0.05) is 21.7 Å². The van der Waals surface area contributed by atoms with Gasteiger partial charge < -0.3 is 10.1 Å². The van der Waals surface area contributed by atoms with Crippen molar-refractivity contribution in [2.24, 2.45) is 0 Å². The maximum absolute atomic E-state index is 13.2. The number of carbonyl (C=O) groups is 2. The number of hydrogen-bond donors (Lipinski definition) is 1. The Morgan fingerprint density at radius 1 is 1.16 bits per heavy atom. The average molecular weight is 479 g/mol. The predicted octanol–water partition coefficient (Wildman–Crippen LogP) is 4.13. The third-order valence-corrected chi connectivity index (χ3v) is 8.47. The third kappa shape index (κ3) is 4.06. The number of esters is 1. The van der Waals surface area contributed by atoms with Crippen molar-refractivity contribution in [3.8, 4) is 0 Å². The lowest BCUT2D eigenvalue weighted by Crippen LogP contribution is -2.43. The molecular weight excluding hydrogens is 460 g/mol. The van der Waals surface area contributed by atoms with E-state index in [0.29, 0.717) is 28.9 Å². The van der Waals surface area contributed by atoms with Crippen molar-refractivity contribution in [1.29, 1.82) is 0 Å². The van der Waals surface area contributed by atoms with Gasteiger partial charge in [0.2, 0.25) is 15.9 Å². The quantitative estimate of drug-likeness (QED) is 0.556. The van der Waals surface area contributed by atoms with Crippen LogP contribution in [0.4, 0.5) is 5.69 Å². The molecule has 0 aliphatic carbocycles. The molecule has 1 aliphatic rings. The molecule has 31 heavy (non-hydrogen) atoms. The number of rotatable bonds is 5. The summed E-state index contributed by atoms with van der Waals surface area (Å²) in [4.78, 5) is 25.8. The molecule has 1 amide bonds. The molecule has 0 saturated carbocycles. The van der Waals surface area contributed by atoms with E-state index in [2.05, 4.69) is 5.32 Å². The first-order chi connectivity index (χ1) is 14.8. The lowest BCUT2D eigenvalue weighted by molar-refractivity contribution is -0.119. The summed E-state index contributed by atoms with van der Waals surface area (Å²) in [6.45, 7) is 0.233. The first-order valence-corrected chi connectivity index (χ1v) is 12.1. The van der Waals surface area contributed by atoms with Crippen molar-refractivity contribution in [2.75, 3.05) is 19.0 Å². The molecule has 4 rings (SSSR count). The number of ether oxygens (including phenoxy) is 1. The van der Waals surface area contributed by atoms with Crippen LogP contribution >= 0.6 is 22.9 Å². The first-order valence-electron chi connectivity index (χ1n) is 9.51. The minimum atomic E-state index is -3.88. The van der Waals surface area contributed by atoms with Crippen LogP contribution in [0.25, 0.3) is 10.1 Å². The fourth-order valence-corrected chi connectivity index (χ4v) is 6.50. The smallest absolute Gasteiger partial charge is 0.350 e. The van der Waals surface area contributed by atoms with Gasteiger partial charge in [-0.05, 0) is 43.2 Å². The molecule has 0 bridgehead atoms. The molecule has 0 radical (unpaired) electrons. The summed E-state index contributed by atoms with van der Waals surface area (Å²) >= 11 is 7.08. The number of nitrogens with zero attached hydrogens (tertiary/aromatic N) is 1. The predicted molar refractivity (Wildman–Crippen MR) is 120 cm³/mol. The summed E-state index contributed by atoms with van der Waals surface area (Å²) in [6.07, 6.45) is 0.938. The maximum atomic E-state index is 13.2. The SMILES string of the molecule is COC(=O)c1sc2ccccc2c1NC(=O)C1CCCN1S(=O)(=O)c1ccc(Cl)cc1. The highest BCUT2D eigenvalue weighted by molar-refractivity contribution is 7.89. The lowest BCUT2D eigenvalue weighted by Gasteiger charge is -2.23. The standard InChI is InChI=1S/C21H19ClN2O5S2/c1-29-21(26)19-18(15-5-2-3-7-17(15)30-19)23-20(25)16-6-4-12-24(16)31(27,28)14-10-8-13(22)9-11-14/h2-3,5,7-11,16H,4,6,12H2,1H3,(H,23,25). The van der Waals surface area contributed by atoms with Crippen LogP contribution in [-0.2, 0) is 19.6 Å². The molecular formula is C21H19ClN2O5S2. The average Bonchev–Trinajstić information content (AvgIpc) is 3.40. The normalized spacial score (nSPS) is 17.0. The Balaban J connectivity index is 1.66. The molecule has 3 aromatic rings. The van der Waals surface area contributed by atoms with Crippen molar-refractivity contribution >= 4 is 60.6 Å². The van der Waals surface area contributed by atoms with Crippen LogP contribution in [0, 0.1) is 0 Å². The van der Waals surface area contributed by atoms with Gasteiger partial charge >= 0.3 is 5.97 Å². The first kappa shape index (κ1) is 21.8. The highest BCUT2D eigenvalue weighted by Crippen LogP contribution is 2.37. The highest BCUT2D eigenvalue weighted by atomic mass is 35.5. The number of amides is 1. The van der Waals surface area contributed by atoms with Crippen molar-refractivity contribution in [2.45, 2.75) is 23.8 Å². The Bertz CT molecular complexity index is 1250. The molecule has 1 aliphatic heterocycles. The van der Waals surface area contributed by atoms with Crippen LogP contribution in [0.5, 0.6) is 0 Å². The number of carbonyl (C=O) groups excluding carboxylic acids is 2. The largest absolute Gasteiger partial charge is 0.465 e. The summed E-state index contributed by atoms with van der Waals surface area (Å²) in [6, 6.07) is 12.2. The van der Waals surface area contributed by atoms with Crippen LogP contribution in [0.2, 0.25) is 5.02 Å². The number of hydrogen-bond acceptors (Lipinski definition) is 6. The number of anilines is 1. The zero-order chi connectivity index (χ0) is 22.2. The minimum Gasteiger partial charge on any atom is -0.465 e. The van der Waals surface area contributed by atoms with Crippen LogP contribution in [-0.4, -0.2) is 44.3 Å². The molecule has 1 unspecified atom stereocenters. The lowest BCUT2D eigenvalue weighted by atomic mass is 10.2. The van der Waals surface area contributed by atoms with Crippen molar-refractivity contribution < 1.29 is 22.7 Å². The van der Waals surface area contributed by atoms with Gasteiger partial charge in [0.15, 0.2) is 0 Å². The van der Waals surface area contributed by atoms with Crippen molar-refractivity contribution in [3.63, 3.8) is 0 Å². The topological polar surface area (TPSA) is 92.8 Å². The Hall–Kier alpha value is -2.46. The molecule has 1 fully saturated rings. The van der Waals surface area contributed by atoms with E-state index in [4.69, 9.17) is 16.3 Å². The number of halogens is 1. The van der Waals surface area contributed by atoms with Gasteiger partial charge in [-0.3, -0.25) is 4.79 Å². The van der Waals surface area contributed by atoms with E-state index in [1.54, 1.807) is 12.1 Å². The summed E-state index contributed by atoms with van der Waals surface area (Å²) < 4.78 is 33.1. The Morgan fingerprint density at radius 3 is 2.58 bits per heavy atom. The van der Waals surface area contributed by atoms with Gasteiger partial charge in [-0.2, -0.15) is 4.31 Å². The van der Waals surface area contributed by atoms with Crippen LogP contribution in [0.15, 0.2) is 53.4 Å². The van der Waals surface area contributed by atoms with Gasteiger partial charge in [0.1, 0.15) is 10.9 Å². The fraction of sp³-hybridized carbons (Fsp3) is 0.238. The number of sulfonamides is 1. The zero-order valence-electron chi connectivity index (χ0n) is 16.5. The van der Waals surface area contributed by atoms with Gasteiger partial charge in [-0.15, -0.1) is 11.3 Å². The number of fused-ring (bicyclic) bond motifs is 1. The Kier molecular flexibility index (Phi) is 6.02. The van der Waals surface area contributed by atoms with Crippen LogP contribution in [0.3, 0.4) is 0 Å². The van der Waals surface area contributed by atoms with Crippen molar-refractivity contribution in [3.05, 3.63) is 58.4 Å². The Labute approximate surface area is 188 Å². The van der Waals surface area contributed by atoms with E-state index in [9.17, 15) is 18.0 Å². The van der Waals surface area contributed by atoms with Gasteiger partial charge in [-0.1, -0.05) is 29.8 Å². The second-order valence-corrected chi connectivity index (χ2v) is 10.4. The maximum Gasteiger partial charge on any atom is 0.350 e. The molecule has 1 atom stereocenters. The van der Waals surface area contributed by atoms with Crippen molar-refractivity contribution in [1.82, 2.24) is 4.31 Å². The van der Waals surface area contributed by atoms with E-state index >= 15 is 0 Å². The zero-order valence-corrected chi connectivity index (χ0v) is 18.9. The molecule has 10 heteroatoms. The highest BCUT2D eigenvalue weighted by Gasteiger charge is 2.40. The van der Waals surface area contributed by atoms with E-state index in [1.807, 2.05) is 12.1 Å². The van der Waals surface area contributed by atoms with Crippen LogP contribution < -0.4 is 5.32 Å². The third-order valence-electron chi connectivity index (χ3n) is 5.14. The van der Waals surface area contributed by atoms with Crippen LogP contribution in [0.1, 0.15) is 22.5 Å². The van der Waals surface area contributed by atoms with E-state index in [0.717, 1.165) is 4.70 Å². The Morgan fingerprint density at radius 2 is 1.87 bits per heavy atom. The molecule has 1 saturated heterocycles. The summed E-state index contributed by atoms with van der Waals surface area (Å²) in [5, 5.41) is 3.92. The summed E-state index contributed by atoms with van der Waals surface area (Å²) in [5.74, 6) is -1.04. The van der Waals surface area contributed by atoms with Gasteiger partial charge in [0.05, 0.1) is 17.7 Å². The number of nitrogens with one attached hydrogen (secondary N) is 1. The molecule has 0 spiro atoms. The summed E-state index contributed by atoms with van der Waals surface area (Å²) in [7, 11) is -2.60. The second kappa shape index (κ2) is 8.58. The van der Waals surface area contributed by atoms with Gasteiger partial charge in [-0.25, -0.2) is 13.2 Å². The monoisotopic (exact) mass is 478 g/mol. The number of methoxy groups -OCH3 is 1. The second-order valence-electron chi connectivity index (χ2n) is 7.01. The molecule has 162 valence electrons. The molecule has 2 heterocycles. The van der Waals surface area contributed by atoms with E-state index in [1.165, 1.54) is 47.0 Å². The molecule has 7 nitrogen and oxygen atoms in total. The van der Waals surface area contributed by atoms with E-state index < -0.39 is 27.9 Å². The number of benzene rings is 2. The fourth-order valence-electron chi connectivity index (χ4n) is 3.64. The van der Waals surface area contributed by atoms with E-state index in [-0.39, 0.29) is 16.3 Å². The van der Waals surface area contributed by atoms with Gasteiger partial charge in [0.25, 0.3) is 0 Å². The molecule has 2 aromatic carbocycles.